The molecule has 0 spiro atoms. The summed E-state index contributed by atoms with van der Waals surface area (Å²) in [5.74, 6) is 0.713. The number of carbonyl (C=O) groups excluding carboxylic acids is 1. The lowest BCUT2D eigenvalue weighted by atomic mass is 10.2. The van der Waals surface area contributed by atoms with Crippen molar-refractivity contribution in [3.8, 4) is 11.5 Å². The fourth-order valence-electron chi connectivity index (χ4n) is 2.72. The van der Waals surface area contributed by atoms with Crippen LogP contribution in [0, 0.1) is 0 Å². The van der Waals surface area contributed by atoms with Gasteiger partial charge in [-0.25, -0.2) is 13.1 Å². The monoisotopic (exact) mass is 446 g/mol. The number of sulfonamides is 1. The SMILES string of the molecule is CCc1ccc(S(=O)(=O)NCc2nnc(C(=O)Nc3ccc4c(c3)OCO4)s2)cc1. The van der Waals surface area contributed by atoms with Gasteiger partial charge in [-0.15, -0.1) is 10.2 Å². The van der Waals surface area contributed by atoms with E-state index in [4.69, 9.17) is 9.47 Å². The summed E-state index contributed by atoms with van der Waals surface area (Å²) in [6.45, 7) is 2.08. The van der Waals surface area contributed by atoms with Crippen LogP contribution >= 0.6 is 11.3 Å². The van der Waals surface area contributed by atoms with Crippen LogP contribution in [-0.2, 0) is 23.0 Å². The lowest BCUT2D eigenvalue weighted by Gasteiger charge is -2.05. The number of rotatable bonds is 7. The zero-order valence-electron chi connectivity index (χ0n) is 15.9. The Bertz CT molecular complexity index is 1180. The van der Waals surface area contributed by atoms with Crippen LogP contribution in [0.2, 0.25) is 0 Å². The summed E-state index contributed by atoms with van der Waals surface area (Å²) in [6, 6.07) is 11.7. The predicted octanol–water partition coefficient (Wildman–Crippen LogP) is 2.56. The van der Waals surface area contributed by atoms with Crippen molar-refractivity contribution in [3.63, 3.8) is 0 Å². The van der Waals surface area contributed by atoms with Crippen molar-refractivity contribution in [3.05, 3.63) is 58.0 Å². The number of aryl methyl sites for hydroxylation is 1. The second-order valence-electron chi connectivity index (χ2n) is 6.35. The number of benzene rings is 2. The first-order chi connectivity index (χ1) is 14.4. The van der Waals surface area contributed by atoms with Crippen LogP contribution < -0.4 is 19.5 Å². The van der Waals surface area contributed by atoms with E-state index in [1.54, 1.807) is 42.5 Å². The highest BCUT2D eigenvalue weighted by molar-refractivity contribution is 7.89. The van der Waals surface area contributed by atoms with Gasteiger partial charge in [0.05, 0.1) is 11.4 Å². The third kappa shape index (κ3) is 4.42. The largest absolute Gasteiger partial charge is 0.454 e. The number of nitrogens with zero attached hydrogens (tertiary/aromatic N) is 2. The van der Waals surface area contributed by atoms with Gasteiger partial charge in [0.1, 0.15) is 5.01 Å². The van der Waals surface area contributed by atoms with E-state index in [-0.39, 0.29) is 23.2 Å². The third-order valence-corrected chi connectivity index (χ3v) is 6.69. The van der Waals surface area contributed by atoms with Gasteiger partial charge in [0.15, 0.2) is 11.5 Å². The summed E-state index contributed by atoms with van der Waals surface area (Å²) in [7, 11) is -3.69. The quantitative estimate of drug-likeness (QED) is 0.572. The minimum atomic E-state index is -3.69. The molecule has 11 heteroatoms. The van der Waals surface area contributed by atoms with Crippen molar-refractivity contribution in [1.29, 1.82) is 0 Å². The first-order valence-electron chi connectivity index (χ1n) is 9.06. The number of hydrogen-bond donors (Lipinski definition) is 2. The van der Waals surface area contributed by atoms with Crippen molar-refractivity contribution in [1.82, 2.24) is 14.9 Å². The maximum atomic E-state index is 12.4. The third-order valence-electron chi connectivity index (χ3n) is 4.35. The molecular weight excluding hydrogens is 428 g/mol. The summed E-state index contributed by atoms with van der Waals surface area (Å²) in [4.78, 5) is 12.6. The average molecular weight is 447 g/mol. The van der Waals surface area contributed by atoms with Crippen LogP contribution in [0.1, 0.15) is 27.3 Å². The number of aromatic nitrogens is 2. The smallest absolute Gasteiger partial charge is 0.286 e. The maximum absolute atomic E-state index is 12.4. The Kier molecular flexibility index (Phi) is 5.66. The van der Waals surface area contributed by atoms with Gasteiger partial charge in [0.2, 0.25) is 21.8 Å². The van der Waals surface area contributed by atoms with Crippen molar-refractivity contribution >= 4 is 33.0 Å². The van der Waals surface area contributed by atoms with Crippen LogP contribution in [0.5, 0.6) is 11.5 Å². The highest BCUT2D eigenvalue weighted by Gasteiger charge is 2.19. The van der Waals surface area contributed by atoms with Gasteiger partial charge in [0, 0.05) is 11.8 Å². The number of amides is 1. The fraction of sp³-hybridized carbons (Fsp3) is 0.211. The number of nitrogens with one attached hydrogen (secondary N) is 2. The number of ether oxygens (including phenoxy) is 2. The molecule has 2 heterocycles. The zero-order chi connectivity index (χ0) is 21.1. The summed E-state index contributed by atoms with van der Waals surface area (Å²) in [5.41, 5.74) is 1.58. The Morgan fingerprint density at radius 3 is 2.63 bits per heavy atom. The molecule has 1 aromatic heterocycles. The molecule has 0 saturated heterocycles. The van der Waals surface area contributed by atoms with E-state index in [0.29, 0.717) is 22.2 Å². The number of hydrogen-bond acceptors (Lipinski definition) is 8. The molecule has 1 aliphatic rings. The van der Waals surface area contributed by atoms with Crippen LogP contribution in [0.4, 0.5) is 5.69 Å². The second kappa shape index (κ2) is 8.38. The van der Waals surface area contributed by atoms with Crippen LogP contribution in [0.15, 0.2) is 47.4 Å². The molecule has 3 aromatic rings. The Balaban J connectivity index is 1.38. The van der Waals surface area contributed by atoms with Crippen molar-refractivity contribution in [2.24, 2.45) is 0 Å². The minimum Gasteiger partial charge on any atom is -0.454 e. The molecule has 30 heavy (non-hydrogen) atoms. The molecule has 2 N–H and O–H groups in total. The number of fused-ring (bicyclic) bond motifs is 1. The molecule has 9 nitrogen and oxygen atoms in total. The standard InChI is InChI=1S/C19H18N4O5S2/c1-2-12-3-6-14(7-4-12)30(25,26)20-10-17-22-23-19(29-17)18(24)21-13-5-8-15-16(9-13)28-11-27-15/h3-9,20H,2,10-11H2,1H3,(H,21,24). The summed E-state index contributed by atoms with van der Waals surface area (Å²) in [5, 5.41) is 10.9. The molecule has 1 aliphatic heterocycles. The first-order valence-corrected chi connectivity index (χ1v) is 11.4. The lowest BCUT2D eigenvalue weighted by molar-refractivity contribution is 0.102. The molecule has 2 aromatic carbocycles. The topological polar surface area (TPSA) is 120 Å². The molecule has 0 bridgehead atoms. The normalized spacial score (nSPS) is 12.7. The van der Waals surface area contributed by atoms with E-state index >= 15 is 0 Å². The van der Waals surface area contributed by atoms with Gasteiger partial charge in [-0.05, 0) is 36.2 Å². The number of carbonyl (C=O) groups is 1. The molecule has 0 saturated carbocycles. The van der Waals surface area contributed by atoms with Gasteiger partial charge in [-0.3, -0.25) is 4.79 Å². The van der Waals surface area contributed by atoms with E-state index in [1.165, 1.54) is 0 Å². The van der Waals surface area contributed by atoms with Crippen molar-refractivity contribution in [2.75, 3.05) is 12.1 Å². The molecule has 4 rings (SSSR count). The molecule has 0 unspecified atom stereocenters. The lowest BCUT2D eigenvalue weighted by Crippen LogP contribution is -2.23. The fourth-order valence-corrected chi connectivity index (χ4v) is 4.47. The van der Waals surface area contributed by atoms with Gasteiger partial charge in [-0.1, -0.05) is 30.4 Å². The summed E-state index contributed by atoms with van der Waals surface area (Å²) < 4.78 is 37.8. The van der Waals surface area contributed by atoms with Gasteiger partial charge in [0.25, 0.3) is 5.91 Å². The summed E-state index contributed by atoms with van der Waals surface area (Å²) >= 11 is 1.01. The van der Waals surface area contributed by atoms with E-state index in [9.17, 15) is 13.2 Å². The molecule has 156 valence electrons. The van der Waals surface area contributed by atoms with Gasteiger partial charge in [-0.2, -0.15) is 0 Å². The van der Waals surface area contributed by atoms with E-state index < -0.39 is 15.9 Å². The molecule has 0 fully saturated rings. The molecule has 0 aliphatic carbocycles. The van der Waals surface area contributed by atoms with E-state index in [1.807, 2.05) is 6.92 Å². The number of anilines is 1. The highest BCUT2D eigenvalue weighted by Crippen LogP contribution is 2.34. The molecule has 0 radical (unpaired) electrons. The van der Waals surface area contributed by atoms with Crippen LogP contribution in [-0.4, -0.2) is 31.3 Å². The highest BCUT2D eigenvalue weighted by atomic mass is 32.2. The molecule has 0 atom stereocenters. The maximum Gasteiger partial charge on any atom is 0.286 e. The van der Waals surface area contributed by atoms with Crippen LogP contribution in [0.3, 0.4) is 0 Å². The Hall–Kier alpha value is -3.02. The minimum absolute atomic E-state index is 0.0627. The summed E-state index contributed by atoms with van der Waals surface area (Å²) in [6.07, 6.45) is 0.829. The van der Waals surface area contributed by atoms with Crippen molar-refractivity contribution in [2.45, 2.75) is 24.8 Å². The van der Waals surface area contributed by atoms with Gasteiger partial charge < -0.3 is 14.8 Å². The van der Waals surface area contributed by atoms with Crippen molar-refractivity contribution < 1.29 is 22.7 Å². The Morgan fingerprint density at radius 2 is 1.87 bits per heavy atom. The molecular formula is C19H18N4O5S2. The predicted molar refractivity (Wildman–Crippen MR) is 110 cm³/mol. The van der Waals surface area contributed by atoms with E-state index in [2.05, 4.69) is 20.2 Å². The van der Waals surface area contributed by atoms with E-state index in [0.717, 1.165) is 23.3 Å². The Morgan fingerprint density at radius 1 is 1.10 bits per heavy atom. The zero-order valence-corrected chi connectivity index (χ0v) is 17.5. The van der Waals surface area contributed by atoms with Crippen LogP contribution in [0.25, 0.3) is 0 Å². The second-order valence-corrected chi connectivity index (χ2v) is 9.17. The Labute approximate surface area is 177 Å². The molecule has 1 amide bonds. The first kappa shape index (κ1) is 20.3. The average Bonchev–Trinajstić information content (AvgIpc) is 3.41. The van der Waals surface area contributed by atoms with Gasteiger partial charge >= 0.3 is 0 Å².